The van der Waals surface area contributed by atoms with Crippen LogP contribution in [-0.2, 0) is 20.8 Å². The summed E-state index contributed by atoms with van der Waals surface area (Å²) in [6, 6.07) is 16.5. The Morgan fingerprint density at radius 2 is 1.64 bits per heavy atom. The Balaban J connectivity index is 1.45. The van der Waals surface area contributed by atoms with Crippen molar-refractivity contribution in [3.63, 3.8) is 0 Å². The predicted octanol–water partition coefficient (Wildman–Crippen LogP) is 6.00. The molecular weight excluding hydrogens is 619 g/mol. The molecule has 13 heteroatoms. The molecule has 0 aromatic heterocycles. The van der Waals surface area contributed by atoms with Gasteiger partial charge in [-0.15, -0.1) is 0 Å². The molecule has 0 aliphatic carbocycles. The van der Waals surface area contributed by atoms with Crippen molar-refractivity contribution in [2.75, 3.05) is 30.4 Å². The number of benzene rings is 3. The Hall–Kier alpha value is -3.55. The van der Waals surface area contributed by atoms with E-state index in [0.717, 1.165) is 12.1 Å². The van der Waals surface area contributed by atoms with Crippen LogP contribution < -0.4 is 10.2 Å². The third-order valence-electron chi connectivity index (χ3n) is 8.21. The summed E-state index contributed by atoms with van der Waals surface area (Å²) in [5.74, 6) is -1.19. The number of rotatable bonds is 12. The fraction of sp³-hybridized carbons (Fsp3) is 0.406. The van der Waals surface area contributed by atoms with E-state index in [1.54, 1.807) is 50.2 Å². The molecule has 1 saturated heterocycles. The van der Waals surface area contributed by atoms with Gasteiger partial charge in [0, 0.05) is 35.7 Å². The van der Waals surface area contributed by atoms with Crippen molar-refractivity contribution < 1.29 is 45.0 Å². The minimum Gasteiger partial charge on any atom is -0.396 e. The first kappa shape index (κ1) is 34.3. The maximum absolute atomic E-state index is 13.1. The molecule has 244 valence electrons. The predicted molar refractivity (Wildman–Crippen MR) is 159 cm³/mol. The van der Waals surface area contributed by atoms with Gasteiger partial charge in [0.1, 0.15) is 0 Å². The van der Waals surface area contributed by atoms with Crippen molar-refractivity contribution in [1.29, 1.82) is 0 Å². The number of nitrogens with zero attached hydrogens (tertiary/aromatic N) is 1. The molecule has 0 bridgehead atoms. The summed E-state index contributed by atoms with van der Waals surface area (Å²) in [6.07, 6.45) is -4.09. The van der Waals surface area contributed by atoms with Crippen LogP contribution in [0, 0.1) is 0 Å². The normalized spacial score (nSPS) is 18.6. The van der Waals surface area contributed by atoms with Crippen LogP contribution in [-0.4, -0.2) is 63.6 Å². The zero-order chi connectivity index (χ0) is 32.9. The van der Waals surface area contributed by atoms with Crippen molar-refractivity contribution in [3.05, 3.63) is 95.1 Å². The molecule has 4 atom stereocenters. The molecule has 4 rings (SSSR count). The number of ether oxygens (including phenoxy) is 1. The SMILES string of the molecule is CCS(=O)(=O)c1ccc([C@H](CO)[C@H](C)NC(=O)c2ccc(N3CC(c4ccc(C(F)(F)F)cc4)C[C@@H]3COC(F)F)cc2)cc1. The topological polar surface area (TPSA) is 95.9 Å². The van der Waals surface area contributed by atoms with Crippen LogP contribution in [0.2, 0.25) is 0 Å². The van der Waals surface area contributed by atoms with E-state index >= 15 is 0 Å². The Kier molecular flexibility index (Phi) is 10.9. The molecule has 45 heavy (non-hydrogen) atoms. The third kappa shape index (κ3) is 8.39. The zero-order valence-corrected chi connectivity index (χ0v) is 25.5. The first-order valence-electron chi connectivity index (χ1n) is 14.4. The molecule has 7 nitrogen and oxygen atoms in total. The van der Waals surface area contributed by atoms with Crippen LogP contribution in [0.15, 0.2) is 77.7 Å². The second kappa shape index (κ2) is 14.3. The van der Waals surface area contributed by atoms with Crippen molar-refractivity contribution >= 4 is 21.4 Å². The van der Waals surface area contributed by atoms with Crippen LogP contribution in [0.4, 0.5) is 27.6 Å². The summed E-state index contributed by atoms with van der Waals surface area (Å²) in [4.78, 5) is 15.1. The number of aliphatic hydroxyl groups is 1. The number of hydrogen-bond acceptors (Lipinski definition) is 6. The quantitative estimate of drug-likeness (QED) is 0.233. The van der Waals surface area contributed by atoms with Gasteiger partial charge in [0.15, 0.2) is 9.84 Å². The summed E-state index contributed by atoms with van der Waals surface area (Å²) >= 11 is 0. The third-order valence-corrected chi connectivity index (χ3v) is 9.96. The van der Waals surface area contributed by atoms with E-state index in [1.165, 1.54) is 24.3 Å². The molecule has 0 saturated carbocycles. The Morgan fingerprint density at radius 1 is 1.02 bits per heavy atom. The first-order valence-corrected chi connectivity index (χ1v) is 16.1. The van der Waals surface area contributed by atoms with Crippen LogP contribution in [0.1, 0.15) is 59.2 Å². The lowest BCUT2D eigenvalue weighted by Gasteiger charge is -2.27. The Labute approximate surface area is 258 Å². The fourth-order valence-corrected chi connectivity index (χ4v) is 6.48. The highest BCUT2D eigenvalue weighted by Crippen LogP contribution is 2.37. The first-order chi connectivity index (χ1) is 21.2. The number of nitrogens with one attached hydrogen (secondary N) is 1. The van der Waals surface area contributed by atoms with Crippen molar-refractivity contribution in [3.8, 4) is 0 Å². The summed E-state index contributed by atoms with van der Waals surface area (Å²) in [5, 5.41) is 12.9. The van der Waals surface area contributed by atoms with E-state index in [9.17, 15) is 40.3 Å². The standard InChI is InChI=1S/C32H35F5N2O5S/c1-3-45(42,43)28-14-8-22(9-15-28)29(18-40)20(2)38-30(41)23-6-12-26(13-7-23)39-17-24(16-27(39)19-44-31(33)34)21-4-10-25(11-5-21)32(35,36)37/h4-15,20,24,27,29,31,40H,3,16-19H2,1-2H3,(H,38,41)/t20-,24?,27+,29+/m0/s1. The number of sulfone groups is 1. The van der Waals surface area contributed by atoms with Crippen LogP contribution in [0.25, 0.3) is 0 Å². The molecule has 1 aliphatic rings. The Morgan fingerprint density at radius 3 is 2.18 bits per heavy atom. The number of carbonyl (C=O) groups excluding carboxylic acids is 1. The molecule has 1 unspecified atom stereocenters. The van der Waals surface area contributed by atoms with Gasteiger partial charge in [0.05, 0.1) is 35.5 Å². The van der Waals surface area contributed by atoms with Gasteiger partial charge in [-0.25, -0.2) is 8.42 Å². The van der Waals surface area contributed by atoms with E-state index in [1.807, 2.05) is 4.90 Å². The molecule has 3 aromatic carbocycles. The molecule has 1 aliphatic heterocycles. The highest BCUT2D eigenvalue weighted by molar-refractivity contribution is 7.91. The maximum Gasteiger partial charge on any atom is 0.416 e. The molecule has 1 heterocycles. The van der Waals surface area contributed by atoms with Gasteiger partial charge in [-0.2, -0.15) is 22.0 Å². The molecular formula is C32H35F5N2O5S. The molecule has 0 spiro atoms. The highest BCUT2D eigenvalue weighted by Gasteiger charge is 2.35. The van der Waals surface area contributed by atoms with Gasteiger partial charge in [-0.3, -0.25) is 4.79 Å². The van der Waals surface area contributed by atoms with Crippen LogP contribution in [0.3, 0.4) is 0 Å². The molecule has 0 radical (unpaired) electrons. The summed E-state index contributed by atoms with van der Waals surface area (Å²) in [6.45, 7) is 0.0649. The van der Waals surface area contributed by atoms with Gasteiger partial charge in [-0.1, -0.05) is 31.2 Å². The molecule has 1 amide bonds. The highest BCUT2D eigenvalue weighted by atomic mass is 32.2. The van der Waals surface area contributed by atoms with Gasteiger partial charge >= 0.3 is 12.8 Å². The molecule has 1 fully saturated rings. The number of aliphatic hydroxyl groups excluding tert-OH is 1. The average Bonchev–Trinajstić information content (AvgIpc) is 3.44. The second-order valence-electron chi connectivity index (χ2n) is 11.0. The minimum absolute atomic E-state index is 0.0390. The van der Waals surface area contributed by atoms with E-state index in [0.29, 0.717) is 35.3 Å². The second-order valence-corrected chi connectivity index (χ2v) is 13.3. The number of halogens is 5. The monoisotopic (exact) mass is 654 g/mol. The summed E-state index contributed by atoms with van der Waals surface area (Å²) in [7, 11) is -3.38. The number of amides is 1. The van der Waals surface area contributed by atoms with E-state index in [2.05, 4.69) is 10.1 Å². The molecule has 3 aromatic rings. The lowest BCUT2D eigenvalue weighted by Crippen LogP contribution is -2.38. The number of carbonyl (C=O) groups is 1. The number of hydrogen-bond donors (Lipinski definition) is 2. The number of anilines is 1. The minimum atomic E-state index is -4.47. The van der Waals surface area contributed by atoms with Gasteiger partial charge in [0.25, 0.3) is 5.91 Å². The zero-order valence-electron chi connectivity index (χ0n) is 24.7. The lowest BCUT2D eigenvalue weighted by atomic mass is 9.93. The van der Waals surface area contributed by atoms with Crippen LogP contribution >= 0.6 is 0 Å². The number of alkyl halides is 5. The lowest BCUT2D eigenvalue weighted by molar-refractivity contribution is -0.137. The van der Waals surface area contributed by atoms with E-state index < -0.39 is 52.1 Å². The van der Waals surface area contributed by atoms with Crippen molar-refractivity contribution in [2.24, 2.45) is 0 Å². The average molecular weight is 655 g/mol. The summed E-state index contributed by atoms with van der Waals surface area (Å²) in [5.41, 5.74) is 1.48. The largest absolute Gasteiger partial charge is 0.416 e. The molecule has 2 N–H and O–H groups in total. The van der Waals surface area contributed by atoms with Gasteiger partial charge < -0.3 is 20.1 Å². The van der Waals surface area contributed by atoms with E-state index in [-0.39, 0.29) is 29.8 Å². The summed E-state index contributed by atoms with van der Waals surface area (Å²) < 4.78 is 93.6. The fourth-order valence-electron chi connectivity index (χ4n) is 5.60. The van der Waals surface area contributed by atoms with Gasteiger partial charge in [-0.05, 0) is 73.0 Å². The Bertz CT molecular complexity index is 1530. The maximum atomic E-state index is 13.1. The van der Waals surface area contributed by atoms with Crippen molar-refractivity contribution in [2.45, 2.75) is 61.9 Å². The van der Waals surface area contributed by atoms with Crippen molar-refractivity contribution in [1.82, 2.24) is 5.32 Å². The van der Waals surface area contributed by atoms with Crippen LogP contribution in [0.5, 0.6) is 0 Å². The smallest absolute Gasteiger partial charge is 0.396 e. The van der Waals surface area contributed by atoms with Gasteiger partial charge in [0.2, 0.25) is 0 Å². The van der Waals surface area contributed by atoms with E-state index in [4.69, 9.17) is 0 Å².